The van der Waals surface area contributed by atoms with E-state index in [1.165, 1.54) is 6.07 Å². The van der Waals surface area contributed by atoms with Crippen LogP contribution in [0.1, 0.15) is 23.7 Å². The second kappa shape index (κ2) is 12.3. The lowest BCUT2D eigenvalue weighted by Gasteiger charge is -2.38. The average molecular weight is 524 g/mol. The van der Waals surface area contributed by atoms with Gasteiger partial charge in [-0.2, -0.15) is 0 Å². The molecule has 0 saturated carbocycles. The average Bonchev–Trinajstić information content (AvgIpc) is 2.93. The molecule has 4 rings (SSSR count). The summed E-state index contributed by atoms with van der Waals surface area (Å²) in [5, 5.41) is 8.04. The van der Waals surface area contributed by atoms with Crippen molar-refractivity contribution >= 4 is 34.7 Å². The molecule has 0 aliphatic carbocycles. The van der Waals surface area contributed by atoms with Crippen LogP contribution in [0.15, 0.2) is 60.7 Å². The SMILES string of the molecule is CCCNC(=O)c1cc(NC(=O)Nc2ccc(F)c(F)c2)ccc1N1CCN(c2ccccc2OC)CC1. The Labute approximate surface area is 220 Å². The number of methoxy groups -OCH3 is 1. The molecule has 0 spiro atoms. The third-order valence-electron chi connectivity index (χ3n) is 6.26. The maximum Gasteiger partial charge on any atom is 0.323 e. The molecular weight excluding hydrogens is 492 g/mol. The van der Waals surface area contributed by atoms with E-state index in [9.17, 15) is 18.4 Å². The first-order valence-corrected chi connectivity index (χ1v) is 12.5. The molecule has 0 unspecified atom stereocenters. The number of anilines is 4. The van der Waals surface area contributed by atoms with Crippen molar-refractivity contribution in [3.63, 3.8) is 0 Å². The maximum atomic E-state index is 13.5. The van der Waals surface area contributed by atoms with E-state index < -0.39 is 17.7 Å². The number of carbonyl (C=O) groups is 2. The number of nitrogens with one attached hydrogen (secondary N) is 3. The zero-order valence-electron chi connectivity index (χ0n) is 21.4. The summed E-state index contributed by atoms with van der Waals surface area (Å²) in [6, 6.07) is 15.5. The molecule has 1 saturated heterocycles. The molecule has 200 valence electrons. The van der Waals surface area contributed by atoms with Crippen LogP contribution in [0.25, 0.3) is 0 Å². The molecule has 1 fully saturated rings. The lowest BCUT2D eigenvalue weighted by Crippen LogP contribution is -2.47. The maximum absolute atomic E-state index is 13.5. The normalized spacial score (nSPS) is 13.2. The van der Waals surface area contributed by atoms with E-state index in [0.29, 0.717) is 30.9 Å². The number of hydrogen-bond acceptors (Lipinski definition) is 5. The van der Waals surface area contributed by atoms with Gasteiger partial charge in [0.05, 0.1) is 18.4 Å². The molecular formula is C28H31F2N5O3. The van der Waals surface area contributed by atoms with Gasteiger partial charge in [0.2, 0.25) is 0 Å². The fourth-order valence-electron chi connectivity index (χ4n) is 4.35. The van der Waals surface area contributed by atoms with Gasteiger partial charge in [0, 0.05) is 55.9 Å². The predicted molar refractivity (Wildman–Crippen MR) is 145 cm³/mol. The van der Waals surface area contributed by atoms with Gasteiger partial charge in [0.25, 0.3) is 5.91 Å². The summed E-state index contributed by atoms with van der Waals surface area (Å²) in [4.78, 5) is 29.9. The quantitative estimate of drug-likeness (QED) is 0.383. The summed E-state index contributed by atoms with van der Waals surface area (Å²) in [6.45, 7) is 5.36. The van der Waals surface area contributed by atoms with Crippen LogP contribution in [0.3, 0.4) is 0 Å². The van der Waals surface area contributed by atoms with Gasteiger partial charge in [-0.1, -0.05) is 19.1 Å². The van der Waals surface area contributed by atoms with Crippen molar-refractivity contribution in [3.05, 3.63) is 77.9 Å². The highest BCUT2D eigenvalue weighted by Gasteiger charge is 2.24. The molecule has 1 aliphatic heterocycles. The van der Waals surface area contributed by atoms with E-state index in [0.717, 1.165) is 48.8 Å². The van der Waals surface area contributed by atoms with Crippen LogP contribution >= 0.6 is 0 Å². The zero-order chi connectivity index (χ0) is 27.1. The van der Waals surface area contributed by atoms with Gasteiger partial charge in [-0.3, -0.25) is 4.79 Å². The van der Waals surface area contributed by atoms with Crippen LogP contribution in [0, 0.1) is 11.6 Å². The molecule has 8 nitrogen and oxygen atoms in total. The minimum atomic E-state index is -1.06. The second-order valence-corrected chi connectivity index (χ2v) is 8.84. The van der Waals surface area contributed by atoms with Gasteiger partial charge in [0.1, 0.15) is 5.75 Å². The summed E-state index contributed by atoms with van der Waals surface area (Å²) < 4.78 is 32.2. The van der Waals surface area contributed by atoms with Crippen LogP contribution in [-0.4, -0.2) is 51.8 Å². The summed E-state index contributed by atoms with van der Waals surface area (Å²) in [5.41, 5.74) is 2.73. The topological polar surface area (TPSA) is 85.9 Å². The highest BCUT2D eigenvalue weighted by atomic mass is 19.2. The predicted octanol–water partition coefficient (Wildman–Crippen LogP) is 5.08. The first-order chi connectivity index (χ1) is 18.4. The van der Waals surface area contributed by atoms with Crippen molar-refractivity contribution in [2.75, 3.05) is 60.3 Å². The fraction of sp³-hybridized carbons (Fsp3) is 0.286. The van der Waals surface area contributed by atoms with Crippen LogP contribution in [0.2, 0.25) is 0 Å². The summed E-state index contributed by atoms with van der Waals surface area (Å²) in [7, 11) is 1.66. The van der Waals surface area contributed by atoms with Crippen molar-refractivity contribution in [1.82, 2.24) is 5.32 Å². The lowest BCUT2D eigenvalue weighted by atomic mass is 10.1. The number of urea groups is 1. The van der Waals surface area contributed by atoms with Crippen molar-refractivity contribution in [2.45, 2.75) is 13.3 Å². The Hall–Kier alpha value is -4.34. The van der Waals surface area contributed by atoms with E-state index in [-0.39, 0.29) is 11.6 Å². The van der Waals surface area contributed by atoms with Gasteiger partial charge < -0.3 is 30.5 Å². The van der Waals surface area contributed by atoms with Crippen LogP contribution in [0.4, 0.5) is 36.3 Å². The molecule has 3 amide bonds. The first kappa shape index (κ1) is 26.7. The summed E-state index contributed by atoms with van der Waals surface area (Å²) in [5.74, 6) is -1.48. The number of halogens is 2. The van der Waals surface area contributed by atoms with Crippen molar-refractivity contribution < 1.29 is 23.1 Å². The smallest absolute Gasteiger partial charge is 0.323 e. The third kappa shape index (κ3) is 6.31. The van der Waals surface area contributed by atoms with Crippen molar-refractivity contribution in [1.29, 1.82) is 0 Å². The molecule has 0 radical (unpaired) electrons. The number of carbonyl (C=O) groups excluding carboxylic acids is 2. The largest absolute Gasteiger partial charge is 0.495 e. The summed E-state index contributed by atoms with van der Waals surface area (Å²) >= 11 is 0. The number of ether oxygens (including phenoxy) is 1. The Balaban J connectivity index is 1.49. The van der Waals surface area contributed by atoms with Crippen LogP contribution in [-0.2, 0) is 0 Å². The Morgan fingerprint density at radius 3 is 2.13 bits per heavy atom. The lowest BCUT2D eigenvalue weighted by molar-refractivity contribution is 0.0954. The standard InChI is InChI=1S/C28H31F2N5O3/c1-3-12-31-27(36)21-17-19(32-28(37)33-20-8-10-22(29)23(30)18-20)9-11-24(21)34-13-15-35(16-14-34)25-6-4-5-7-26(25)38-2/h4-11,17-18H,3,12-16H2,1-2H3,(H,31,36)(H2,32,33,37). The highest BCUT2D eigenvalue weighted by molar-refractivity contribution is 6.04. The fourth-order valence-corrected chi connectivity index (χ4v) is 4.35. The molecule has 0 bridgehead atoms. The van der Waals surface area contributed by atoms with E-state index in [1.54, 1.807) is 19.2 Å². The summed E-state index contributed by atoms with van der Waals surface area (Å²) in [6.07, 6.45) is 0.785. The zero-order valence-corrected chi connectivity index (χ0v) is 21.4. The van der Waals surface area contributed by atoms with Crippen LogP contribution in [0.5, 0.6) is 5.75 Å². The number of nitrogens with zero attached hydrogens (tertiary/aromatic N) is 2. The number of amides is 3. The van der Waals surface area contributed by atoms with Crippen molar-refractivity contribution in [2.24, 2.45) is 0 Å². The minimum Gasteiger partial charge on any atom is -0.495 e. The first-order valence-electron chi connectivity index (χ1n) is 12.5. The molecule has 0 atom stereocenters. The monoisotopic (exact) mass is 523 g/mol. The van der Waals surface area contributed by atoms with E-state index in [1.807, 2.05) is 37.3 Å². The van der Waals surface area contributed by atoms with Gasteiger partial charge in [-0.05, 0) is 48.9 Å². The molecule has 10 heteroatoms. The van der Waals surface area contributed by atoms with Crippen molar-refractivity contribution in [3.8, 4) is 5.75 Å². The number of rotatable bonds is 8. The molecule has 0 aromatic heterocycles. The highest BCUT2D eigenvalue weighted by Crippen LogP contribution is 2.31. The molecule has 3 aromatic carbocycles. The van der Waals surface area contributed by atoms with E-state index >= 15 is 0 Å². The Bertz CT molecular complexity index is 1300. The van der Waals surface area contributed by atoms with Crippen LogP contribution < -0.4 is 30.5 Å². The molecule has 3 N–H and O–H groups in total. The molecule has 1 heterocycles. The molecule has 1 aliphatic rings. The Kier molecular flexibility index (Phi) is 8.62. The van der Waals surface area contributed by atoms with Gasteiger partial charge >= 0.3 is 6.03 Å². The molecule has 38 heavy (non-hydrogen) atoms. The Morgan fingerprint density at radius 2 is 1.47 bits per heavy atom. The van der Waals surface area contributed by atoms with Gasteiger partial charge in [-0.15, -0.1) is 0 Å². The number of para-hydroxylation sites is 2. The number of benzene rings is 3. The van der Waals surface area contributed by atoms with Gasteiger partial charge in [-0.25, -0.2) is 13.6 Å². The van der Waals surface area contributed by atoms with Gasteiger partial charge in [0.15, 0.2) is 11.6 Å². The minimum absolute atomic E-state index is 0.104. The second-order valence-electron chi connectivity index (χ2n) is 8.84. The van der Waals surface area contributed by atoms with E-state index in [4.69, 9.17) is 4.74 Å². The Morgan fingerprint density at radius 1 is 0.842 bits per heavy atom. The van der Waals surface area contributed by atoms with E-state index in [2.05, 4.69) is 25.8 Å². The number of hydrogen-bond donors (Lipinski definition) is 3. The number of piperazine rings is 1. The third-order valence-corrected chi connectivity index (χ3v) is 6.26. The molecule has 3 aromatic rings.